The molecule has 2 amide bonds. The van der Waals surface area contributed by atoms with Crippen LogP contribution in [-0.2, 0) is 26.2 Å². The maximum atomic E-state index is 13.7. The average molecular weight is 573 g/mol. The molecule has 1 aliphatic heterocycles. The SMILES string of the molecule is CCS(=O)(=O)N(CC(=O)N(Cc1ccc(Cl)cc1Cl)[C@@H](C)C(=O)NCC(C)C)c1ccc2c(c1)OCO2. The molecule has 37 heavy (non-hydrogen) atoms. The lowest BCUT2D eigenvalue weighted by molar-refractivity contribution is -0.139. The van der Waals surface area contributed by atoms with Crippen molar-refractivity contribution in [1.82, 2.24) is 10.2 Å². The molecule has 9 nitrogen and oxygen atoms in total. The van der Waals surface area contributed by atoms with Crippen LogP contribution in [0.1, 0.15) is 33.3 Å². The molecule has 2 aromatic carbocycles. The predicted molar refractivity (Wildman–Crippen MR) is 144 cm³/mol. The zero-order valence-electron chi connectivity index (χ0n) is 21.2. The Labute approximate surface area is 227 Å². The van der Waals surface area contributed by atoms with Crippen LogP contribution in [0.2, 0.25) is 10.0 Å². The lowest BCUT2D eigenvalue weighted by Crippen LogP contribution is -2.51. The van der Waals surface area contributed by atoms with E-state index in [0.29, 0.717) is 33.7 Å². The average Bonchev–Trinajstić information content (AvgIpc) is 3.32. The van der Waals surface area contributed by atoms with Gasteiger partial charge in [0.25, 0.3) is 0 Å². The molecule has 202 valence electrons. The van der Waals surface area contributed by atoms with E-state index in [1.54, 1.807) is 37.3 Å². The molecule has 3 rings (SSSR count). The second-order valence-electron chi connectivity index (χ2n) is 9.02. The highest BCUT2D eigenvalue weighted by atomic mass is 35.5. The molecule has 12 heteroatoms. The van der Waals surface area contributed by atoms with Crippen LogP contribution in [0.4, 0.5) is 5.69 Å². The molecule has 0 unspecified atom stereocenters. The summed E-state index contributed by atoms with van der Waals surface area (Å²) in [7, 11) is -3.87. The highest BCUT2D eigenvalue weighted by molar-refractivity contribution is 7.92. The minimum atomic E-state index is -3.87. The third kappa shape index (κ3) is 7.21. The molecule has 1 heterocycles. The first-order valence-corrected chi connectivity index (χ1v) is 14.2. The Bertz CT molecular complexity index is 1250. The van der Waals surface area contributed by atoms with Crippen molar-refractivity contribution >= 4 is 50.7 Å². The summed E-state index contributed by atoms with van der Waals surface area (Å²) in [4.78, 5) is 28.0. The van der Waals surface area contributed by atoms with Gasteiger partial charge in [-0.1, -0.05) is 43.1 Å². The first kappa shape index (κ1) is 28.9. The van der Waals surface area contributed by atoms with Gasteiger partial charge in [0, 0.05) is 29.2 Å². The van der Waals surface area contributed by atoms with Gasteiger partial charge in [0.15, 0.2) is 11.5 Å². The molecule has 1 atom stereocenters. The summed E-state index contributed by atoms with van der Waals surface area (Å²) >= 11 is 12.4. The van der Waals surface area contributed by atoms with Gasteiger partial charge in [-0.3, -0.25) is 13.9 Å². The Morgan fingerprint density at radius 3 is 2.41 bits per heavy atom. The summed E-state index contributed by atoms with van der Waals surface area (Å²) < 4.78 is 37.8. The topological polar surface area (TPSA) is 105 Å². The number of anilines is 1. The molecule has 0 spiro atoms. The van der Waals surface area contributed by atoms with Gasteiger partial charge in [0.2, 0.25) is 28.6 Å². The fraction of sp³-hybridized carbons (Fsp3) is 0.440. The molecule has 0 aromatic heterocycles. The van der Waals surface area contributed by atoms with Gasteiger partial charge >= 0.3 is 0 Å². The summed E-state index contributed by atoms with van der Waals surface area (Å²) in [6.07, 6.45) is 0. The number of hydrogen-bond acceptors (Lipinski definition) is 6. The standard InChI is InChI=1S/C25H31Cl2N3O6S/c1-5-37(33,34)30(20-8-9-22-23(11-20)36-15-35-22)14-24(31)29(17(4)25(32)28-12-16(2)3)13-18-6-7-19(26)10-21(18)27/h6-11,16-17H,5,12-15H2,1-4H3,(H,28,32)/t17-/m0/s1. The molecule has 0 fully saturated rings. The summed E-state index contributed by atoms with van der Waals surface area (Å²) in [6, 6.07) is 8.60. The third-order valence-corrected chi connectivity index (χ3v) is 8.16. The first-order chi connectivity index (χ1) is 17.4. The van der Waals surface area contributed by atoms with Crippen molar-refractivity contribution in [2.24, 2.45) is 5.92 Å². The van der Waals surface area contributed by atoms with Gasteiger partial charge in [-0.05, 0) is 49.6 Å². The Morgan fingerprint density at radius 1 is 1.05 bits per heavy atom. The van der Waals surface area contributed by atoms with Crippen LogP contribution in [0.5, 0.6) is 11.5 Å². The predicted octanol–water partition coefficient (Wildman–Crippen LogP) is 4.07. The number of amides is 2. The van der Waals surface area contributed by atoms with Gasteiger partial charge in [-0.25, -0.2) is 8.42 Å². The van der Waals surface area contributed by atoms with Crippen molar-refractivity contribution in [3.63, 3.8) is 0 Å². The quantitative estimate of drug-likeness (QED) is 0.436. The van der Waals surface area contributed by atoms with Crippen LogP contribution in [0.25, 0.3) is 0 Å². The molecule has 2 aromatic rings. The first-order valence-electron chi connectivity index (χ1n) is 11.8. The van der Waals surface area contributed by atoms with Gasteiger partial charge in [0.05, 0.1) is 11.4 Å². The number of hydrogen-bond donors (Lipinski definition) is 1. The number of nitrogens with zero attached hydrogens (tertiary/aromatic N) is 2. The molecule has 1 aliphatic rings. The van der Waals surface area contributed by atoms with Gasteiger partial charge in [0.1, 0.15) is 12.6 Å². The van der Waals surface area contributed by atoms with Gasteiger partial charge in [-0.15, -0.1) is 0 Å². The summed E-state index contributed by atoms with van der Waals surface area (Å²) in [5, 5.41) is 3.59. The Hall–Kier alpha value is -2.69. The van der Waals surface area contributed by atoms with E-state index in [0.717, 1.165) is 4.31 Å². The number of ether oxygens (including phenoxy) is 2. The highest BCUT2D eigenvalue weighted by Crippen LogP contribution is 2.36. The van der Waals surface area contributed by atoms with Crippen LogP contribution in [0.15, 0.2) is 36.4 Å². The number of benzene rings is 2. The van der Waals surface area contributed by atoms with Crippen LogP contribution in [0, 0.1) is 5.92 Å². The van der Waals surface area contributed by atoms with Crippen molar-refractivity contribution < 1.29 is 27.5 Å². The summed E-state index contributed by atoms with van der Waals surface area (Å²) in [6.45, 7) is 6.91. The van der Waals surface area contributed by atoms with E-state index >= 15 is 0 Å². The van der Waals surface area contributed by atoms with E-state index in [9.17, 15) is 18.0 Å². The molecule has 0 saturated carbocycles. The Morgan fingerprint density at radius 2 is 1.76 bits per heavy atom. The minimum absolute atomic E-state index is 0.0216. The zero-order valence-corrected chi connectivity index (χ0v) is 23.5. The zero-order chi connectivity index (χ0) is 27.3. The highest BCUT2D eigenvalue weighted by Gasteiger charge is 2.32. The maximum absolute atomic E-state index is 13.7. The number of rotatable bonds is 11. The van der Waals surface area contributed by atoms with Crippen LogP contribution in [-0.4, -0.2) is 56.8 Å². The lowest BCUT2D eigenvalue weighted by atomic mass is 10.1. The smallest absolute Gasteiger partial charge is 0.244 e. The molecular formula is C25H31Cl2N3O6S. The molecule has 0 saturated heterocycles. The number of carbonyl (C=O) groups excluding carboxylic acids is 2. The van der Waals surface area contributed by atoms with Crippen molar-refractivity contribution in [1.29, 1.82) is 0 Å². The van der Waals surface area contributed by atoms with E-state index in [1.807, 2.05) is 13.8 Å². The fourth-order valence-electron chi connectivity index (χ4n) is 3.63. The number of fused-ring (bicyclic) bond motifs is 1. The summed E-state index contributed by atoms with van der Waals surface area (Å²) in [5.41, 5.74) is 0.816. The molecular weight excluding hydrogens is 541 g/mol. The molecule has 0 bridgehead atoms. The Balaban J connectivity index is 1.95. The lowest BCUT2D eigenvalue weighted by Gasteiger charge is -2.32. The van der Waals surface area contributed by atoms with Crippen molar-refractivity contribution in [2.75, 3.05) is 29.9 Å². The van der Waals surface area contributed by atoms with E-state index in [1.165, 1.54) is 17.9 Å². The van der Waals surface area contributed by atoms with Crippen molar-refractivity contribution in [3.8, 4) is 11.5 Å². The van der Waals surface area contributed by atoms with E-state index < -0.39 is 28.5 Å². The van der Waals surface area contributed by atoms with Crippen molar-refractivity contribution in [2.45, 2.75) is 40.3 Å². The number of halogens is 2. The maximum Gasteiger partial charge on any atom is 0.244 e. The van der Waals surface area contributed by atoms with Gasteiger partial charge in [-0.2, -0.15) is 0 Å². The molecule has 0 radical (unpaired) electrons. The van der Waals surface area contributed by atoms with Crippen molar-refractivity contribution in [3.05, 3.63) is 52.0 Å². The van der Waals surface area contributed by atoms with Gasteiger partial charge < -0.3 is 19.7 Å². The van der Waals surface area contributed by atoms with Crippen LogP contribution >= 0.6 is 23.2 Å². The molecule has 0 aliphatic carbocycles. The van der Waals surface area contributed by atoms with E-state index in [2.05, 4.69) is 5.32 Å². The fourth-order valence-corrected chi connectivity index (χ4v) is 5.15. The van der Waals surface area contributed by atoms with E-state index in [4.69, 9.17) is 32.7 Å². The van der Waals surface area contributed by atoms with Crippen LogP contribution in [0.3, 0.4) is 0 Å². The Kier molecular flexibility index (Phi) is 9.55. The molecule has 1 N–H and O–H groups in total. The largest absolute Gasteiger partial charge is 0.454 e. The summed E-state index contributed by atoms with van der Waals surface area (Å²) in [5.74, 6) is -0.0941. The van der Waals surface area contributed by atoms with Crippen LogP contribution < -0.4 is 19.1 Å². The second kappa shape index (κ2) is 12.2. The number of carbonyl (C=O) groups is 2. The number of sulfonamides is 1. The third-order valence-electron chi connectivity index (χ3n) is 5.83. The second-order valence-corrected chi connectivity index (χ2v) is 12.0. The monoisotopic (exact) mass is 571 g/mol. The number of nitrogens with one attached hydrogen (secondary N) is 1. The van der Waals surface area contributed by atoms with E-state index in [-0.39, 0.29) is 36.6 Å². The normalized spacial score (nSPS) is 13.4. The minimum Gasteiger partial charge on any atom is -0.454 e.